The Bertz CT molecular complexity index is 922. The minimum atomic E-state index is -0.394. The van der Waals surface area contributed by atoms with E-state index in [0.717, 1.165) is 44.6 Å². The highest BCUT2D eigenvalue weighted by atomic mass is 19.1. The normalized spacial score (nSPS) is 14.5. The molecular formula is C25H33FN4O2. The maximum Gasteiger partial charge on any atom is 0.255 e. The van der Waals surface area contributed by atoms with Gasteiger partial charge in [0.05, 0.1) is 5.56 Å². The zero-order valence-electron chi connectivity index (χ0n) is 19.2. The van der Waals surface area contributed by atoms with Crippen LogP contribution < -0.4 is 15.5 Å². The van der Waals surface area contributed by atoms with E-state index in [9.17, 15) is 14.0 Å². The molecule has 0 aromatic heterocycles. The van der Waals surface area contributed by atoms with E-state index in [1.807, 2.05) is 26.2 Å². The second-order valence-corrected chi connectivity index (χ2v) is 8.78. The van der Waals surface area contributed by atoms with E-state index < -0.39 is 5.82 Å². The highest BCUT2D eigenvalue weighted by Crippen LogP contribution is 2.29. The van der Waals surface area contributed by atoms with E-state index in [2.05, 4.69) is 27.4 Å². The maximum absolute atomic E-state index is 13.2. The molecule has 2 N–H and O–H groups in total. The van der Waals surface area contributed by atoms with Crippen molar-refractivity contribution in [2.24, 2.45) is 5.92 Å². The molecule has 0 radical (unpaired) electrons. The van der Waals surface area contributed by atoms with Crippen LogP contribution in [0, 0.1) is 11.7 Å². The van der Waals surface area contributed by atoms with Crippen LogP contribution in [0.3, 0.4) is 0 Å². The number of hydrogen-bond donors (Lipinski definition) is 2. The molecule has 0 saturated carbocycles. The van der Waals surface area contributed by atoms with E-state index in [4.69, 9.17) is 0 Å². The van der Waals surface area contributed by atoms with Gasteiger partial charge in [-0.25, -0.2) is 4.39 Å². The van der Waals surface area contributed by atoms with Gasteiger partial charge in [-0.15, -0.1) is 0 Å². The standard InChI is InChI=1S/C25H33FN4O2/c1-18-11-15-30(16-12-18)23-10-9-21(28-24(31)19-5-7-20(26)8-6-19)17-22(23)25(32)27-13-4-14-29(2)3/h5-10,17-18H,4,11-16H2,1-3H3,(H,27,32)(H,28,31). The summed E-state index contributed by atoms with van der Waals surface area (Å²) in [4.78, 5) is 29.9. The molecule has 2 amide bonds. The molecule has 2 aromatic carbocycles. The van der Waals surface area contributed by atoms with Gasteiger partial charge in [0.15, 0.2) is 0 Å². The van der Waals surface area contributed by atoms with Crippen LogP contribution >= 0.6 is 0 Å². The van der Waals surface area contributed by atoms with E-state index >= 15 is 0 Å². The highest BCUT2D eigenvalue weighted by Gasteiger charge is 2.22. The van der Waals surface area contributed by atoms with Crippen molar-refractivity contribution in [1.29, 1.82) is 0 Å². The number of halogens is 1. The summed E-state index contributed by atoms with van der Waals surface area (Å²) >= 11 is 0. The number of benzene rings is 2. The van der Waals surface area contributed by atoms with Gasteiger partial charge >= 0.3 is 0 Å². The maximum atomic E-state index is 13.2. The monoisotopic (exact) mass is 440 g/mol. The van der Waals surface area contributed by atoms with Crippen molar-refractivity contribution in [2.45, 2.75) is 26.2 Å². The van der Waals surface area contributed by atoms with E-state index in [1.165, 1.54) is 24.3 Å². The van der Waals surface area contributed by atoms with Gasteiger partial charge in [-0.05, 0) is 88.3 Å². The first-order valence-electron chi connectivity index (χ1n) is 11.2. The number of nitrogens with zero attached hydrogens (tertiary/aromatic N) is 2. The number of rotatable bonds is 8. The Morgan fingerprint density at radius 2 is 1.75 bits per heavy atom. The summed E-state index contributed by atoms with van der Waals surface area (Å²) in [7, 11) is 4.01. The average molecular weight is 441 g/mol. The Labute approximate surface area is 189 Å². The molecule has 3 rings (SSSR count). The number of hydrogen-bond acceptors (Lipinski definition) is 4. The molecule has 0 bridgehead atoms. The molecular weight excluding hydrogens is 407 g/mol. The Morgan fingerprint density at radius 3 is 2.41 bits per heavy atom. The quantitative estimate of drug-likeness (QED) is 0.609. The summed E-state index contributed by atoms with van der Waals surface area (Å²) in [5.74, 6) is -0.198. The predicted octanol–water partition coefficient (Wildman–Crippen LogP) is 4.00. The molecule has 2 aromatic rings. The fourth-order valence-electron chi connectivity index (χ4n) is 3.82. The summed E-state index contributed by atoms with van der Waals surface area (Å²) in [6.45, 7) is 5.54. The molecule has 0 spiro atoms. The third-order valence-electron chi connectivity index (χ3n) is 5.80. The summed E-state index contributed by atoms with van der Waals surface area (Å²) in [6, 6.07) is 10.8. The van der Waals surface area contributed by atoms with Crippen molar-refractivity contribution in [3.8, 4) is 0 Å². The van der Waals surface area contributed by atoms with E-state index in [-0.39, 0.29) is 11.8 Å². The van der Waals surface area contributed by atoms with Crippen LogP contribution in [0.5, 0.6) is 0 Å². The molecule has 6 nitrogen and oxygen atoms in total. The summed E-state index contributed by atoms with van der Waals surface area (Å²) in [5, 5.41) is 5.84. The summed E-state index contributed by atoms with van der Waals surface area (Å²) in [6.07, 6.45) is 3.04. The van der Waals surface area contributed by atoms with E-state index in [1.54, 1.807) is 6.07 Å². The Hall–Kier alpha value is -2.93. The lowest BCUT2D eigenvalue weighted by atomic mass is 9.97. The minimum absolute atomic E-state index is 0.143. The topological polar surface area (TPSA) is 64.7 Å². The number of piperidine rings is 1. The van der Waals surface area contributed by atoms with Crippen molar-refractivity contribution >= 4 is 23.2 Å². The van der Waals surface area contributed by atoms with Crippen LogP contribution in [0.1, 0.15) is 46.9 Å². The van der Waals surface area contributed by atoms with Crippen LogP contribution in [0.4, 0.5) is 15.8 Å². The molecule has 1 aliphatic heterocycles. The van der Waals surface area contributed by atoms with Crippen molar-refractivity contribution < 1.29 is 14.0 Å². The predicted molar refractivity (Wildman–Crippen MR) is 127 cm³/mol. The molecule has 32 heavy (non-hydrogen) atoms. The second-order valence-electron chi connectivity index (χ2n) is 8.78. The largest absolute Gasteiger partial charge is 0.371 e. The molecule has 7 heteroatoms. The molecule has 0 unspecified atom stereocenters. The van der Waals surface area contributed by atoms with Gasteiger partial charge in [-0.2, -0.15) is 0 Å². The lowest BCUT2D eigenvalue weighted by molar-refractivity contribution is 0.0951. The van der Waals surface area contributed by atoms with Gasteiger partial charge in [0.2, 0.25) is 0 Å². The average Bonchev–Trinajstić information content (AvgIpc) is 2.77. The first-order valence-corrected chi connectivity index (χ1v) is 11.2. The van der Waals surface area contributed by atoms with Crippen LogP contribution in [-0.2, 0) is 0 Å². The number of nitrogens with one attached hydrogen (secondary N) is 2. The molecule has 0 aliphatic carbocycles. The van der Waals surface area contributed by atoms with Crippen molar-refractivity contribution in [3.63, 3.8) is 0 Å². The third kappa shape index (κ3) is 6.53. The molecule has 1 saturated heterocycles. The first kappa shape index (κ1) is 23.7. The van der Waals surface area contributed by atoms with Gasteiger partial charge in [0.25, 0.3) is 11.8 Å². The van der Waals surface area contributed by atoms with Crippen LogP contribution in [0.2, 0.25) is 0 Å². The summed E-state index contributed by atoms with van der Waals surface area (Å²) in [5.41, 5.74) is 2.34. The fourth-order valence-corrected chi connectivity index (χ4v) is 3.82. The minimum Gasteiger partial charge on any atom is -0.371 e. The fraction of sp³-hybridized carbons (Fsp3) is 0.440. The van der Waals surface area contributed by atoms with Crippen LogP contribution in [0.15, 0.2) is 42.5 Å². The van der Waals surface area contributed by atoms with Crippen LogP contribution in [0.25, 0.3) is 0 Å². The SMILES string of the molecule is CC1CCN(c2ccc(NC(=O)c3ccc(F)cc3)cc2C(=O)NCCCN(C)C)CC1. The molecule has 1 heterocycles. The molecule has 0 atom stereocenters. The van der Waals surface area contributed by atoms with Gasteiger partial charge in [-0.1, -0.05) is 6.92 Å². The van der Waals surface area contributed by atoms with Gasteiger partial charge < -0.3 is 20.4 Å². The second kappa shape index (κ2) is 11.1. The zero-order chi connectivity index (χ0) is 23.1. The molecule has 1 fully saturated rings. The third-order valence-corrected chi connectivity index (χ3v) is 5.80. The van der Waals surface area contributed by atoms with Crippen molar-refractivity contribution in [3.05, 3.63) is 59.4 Å². The smallest absolute Gasteiger partial charge is 0.255 e. The summed E-state index contributed by atoms with van der Waals surface area (Å²) < 4.78 is 13.2. The van der Waals surface area contributed by atoms with Crippen molar-refractivity contribution in [2.75, 3.05) is 50.5 Å². The Balaban J connectivity index is 1.78. The van der Waals surface area contributed by atoms with Gasteiger partial charge in [0, 0.05) is 36.6 Å². The van der Waals surface area contributed by atoms with E-state index in [0.29, 0.717) is 29.3 Å². The number of anilines is 2. The van der Waals surface area contributed by atoms with Gasteiger partial charge in [-0.3, -0.25) is 9.59 Å². The van der Waals surface area contributed by atoms with Crippen molar-refractivity contribution in [1.82, 2.24) is 10.2 Å². The lowest BCUT2D eigenvalue weighted by Crippen LogP contribution is -2.35. The Kier molecular flexibility index (Phi) is 8.22. The highest BCUT2D eigenvalue weighted by molar-refractivity contribution is 6.06. The number of carbonyl (C=O) groups excluding carboxylic acids is 2. The van der Waals surface area contributed by atoms with Crippen LogP contribution in [-0.4, -0.2) is 57.0 Å². The lowest BCUT2D eigenvalue weighted by Gasteiger charge is -2.33. The number of carbonyl (C=O) groups is 2. The number of amides is 2. The van der Waals surface area contributed by atoms with Gasteiger partial charge in [0.1, 0.15) is 5.82 Å². The Morgan fingerprint density at radius 1 is 1.06 bits per heavy atom. The molecule has 1 aliphatic rings. The zero-order valence-corrected chi connectivity index (χ0v) is 19.2. The molecule has 172 valence electrons. The first-order chi connectivity index (χ1) is 15.3.